The molecule has 0 unspecified atom stereocenters. The molecule has 6 heteroatoms. The Morgan fingerprint density at radius 3 is 2.79 bits per heavy atom. The van der Waals surface area contributed by atoms with E-state index in [0.29, 0.717) is 17.3 Å². The molecule has 0 saturated carbocycles. The number of likely N-dealkylation sites (N-methyl/N-ethyl adjacent to an activating group) is 1. The third kappa shape index (κ3) is 3.49. The van der Waals surface area contributed by atoms with Crippen LogP contribution in [0.5, 0.6) is 0 Å². The number of nitrogens with two attached hydrogens (primary N) is 1. The van der Waals surface area contributed by atoms with E-state index >= 15 is 0 Å². The second kappa shape index (κ2) is 7.59. The fourth-order valence-electron chi connectivity index (χ4n) is 2.62. The number of nitrogens with zero attached hydrogens (tertiary/aromatic N) is 2. The van der Waals surface area contributed by atoms with Crippen LogP contribution in [0.2, 0.25) is 0 Å². The van der Waals surface area contributed by atoms with E-state index in [-0.39, 0.29) is 12.5 Å². The fourth-order valence-corrected chi connectivity index (χ4v) is 2.80. The number of aliphatic hydroxyl groups is 2. The van der Waals surface area contributed by atoms with Crippen LogP contribution in [-0.4, -0.2) is 34.3 Å². The van der Waals surface area contributed by atoms with Gasteiger partial charge < -0.3 is 15.9 Å². The van der Waals surface area contributed by atoms with E-state index in [1.807, 2.05) is 31.4 Å². The van der Waals surface area contributed by atoms with Gasteiger partial charge >= 0.3 is 0 Å². The Morgan fingerprint density at radius 1 is 1.50 bits per heavy atom. The summed E-state index contributed by atoms with van der Waals surface area (Å²) in [4.78, 5) is 6.07. The van der Waals surface area contributed by atoms with Crippen LogP contribution in [0.25, 0.3) is 5.57 Å². The van der Waals surface area contributed by atoms with Gasteiger partial charge in [0, 0.05) is 30.8 Å². The van der Waals surface area contributed by atoms with Crippen molar-refractivity contribution in [3.8, 4) is 0 Å². The van der Waals surface area contributed by atoms with Crippen LogP contribution < -0.4 is 5.73 Å². The summed E-state index contributed by atoms with van der Waals surface area (Å²) in [5.41, 5.74) is 10.1. The molecule has 4 N–H and O–H groups in total. The molecular weight excluding hydrogens is 322 g/mol. The molecule has 1 aromatic rings. The molecule has 1 aliphatic rings. The molecule has 5 nitrogen and oxygen atoms in total. The van der Waals surface area contributed by atoms with E-state index in [1.165, 1.54) is 18.0 Å². The van der Waals surface area contributed by atoms with E-state index < -0.39 is 0 Å². The molecule has 0 saturated heterocycles. The summed E-state index contributed by atoms with van der Waals surface area (Å²) in [6, 6.07) is 5.70. The first-order valence-electron chi connectivity index (χ1n) is 7.52. The normalized spacial score (nSPS) is 18.6. The van der Waals surface area contributed by atoms with Crippen LogP contribution in [0, 0.1) is 6.92 Å². The summed E-state index contributed by atoms with van der Waals surface area (Å²) in [5.74, 6) is 0.723. The van der Waals surface area contributed by atoms with E-state index in [4.69, 9.17) is 5.73 Å². The summed E-state index contributed by atoms with van der Waals surface area (Å²) >= 11 is 1.44. The van der Waals surface area contributed by atoms with Crippen LogP contribution in [0.4, 0.5) is 0 Å². The van der Waals surface area contributed by atoms with Crippen LogP contribution >= 0.6 is 11.8 Å². The molecule has 0 aromatic heterocycles. The molecule has 0 aliphatic carbocycles. The first-order valence-corrected chi connectivity index (χ1v) is 8.74. The lowest BCUT2D eigenvalue weighted by atomic mass is 9.90. The number of aliphatic imine (C=N–C) groups is 1. The van der Waals surface area contributed by atoms with Crippen molar-refractivity contribution in [3.05, 3.63) is 64.2 Å². The third-order valence-corrected chi connectivity index (χ3v) is 4.60. The molecule has 0 amide bonds. The van der Waals surface area contributed by atoms with Crippen molar-refractivity contribution in [2.75, 3.05) is 13.3 Å². The van der Waals surface area contributed by atoms with Gasteiger partial charge in [-0.1, -0.05) is 18.7 Å². The predicted molar refractivity (Wildman–Crippen MR) is 101 cm³/mol. The zero-order valence-electron chi connectivity index (χ0n) is 14.2. The molecule has 2 rings (SSSR count). The average Bonchev–Trinajstić information content (AvgIpc) is 2.60. The number of benzene rings is 1. The molecule has 1 aromatic carbocycles. The number of rotatable bonds is 4. The van der Waals surface area contributed by atoms with Gasteiger partial charge in [0.2, 0.25) is 0 Å². The lowest BCUT2D eigenvalue weighted by Gasteiger charge is -2.30. The summed E-state index contributed by atoms with van der Waals surface area (Å²) in [7, 11) is 1.75. The molecule has 0 atom stereocenters. The highest BCUT2D eigenvalue weighted by Gasteiger charge is 2.28. The quantitative estimate of drug-likeness (QED) is 0.781. The topological polar surface area (TPSA) is 82.1 Å². The van der Waals surface area contributed by atoms with Crippen molar-refractivity contribution >= 4 is 23.2 Å². The minimum Gasteiger partial charge on any atom is -0.494 e. The maximum atomic E-state index is 10.7. The third-order valence-electron chi connectivity index (χ3n) is 4.04. The van der Waals surface area contributed by atoms with Gasteiger partial charge in [0.15, 0.2) is 5.88 Å². The van der Waals surface area contributed by atoms with Crippen molar-refractivity contribution in [1.29, 1.82) is 0 Å². The first-order chi connectivity index (χ1) is 11.4. The van der Waals surface area contributed by atoms with Gasteiger partial charge in [-0.25, -0.2) is 4.99 Å². The molecule has 128 valence electrons. The van der Waals surface area contributed by atoms with Crippen molar-refractivity contribution in [3.63, 3.8) is 0 Å². The van der Waals surface area contributed by atoms with Crippen molar-refractivity contribution in [2.45, 2.75) is 20.0 Å². The second-order valence-electron chi connectivity index (χ2n) is 5.57. The lowest BCUT2D eigenvalue weighted by Crippen LogP contribution is -2.33. The van der Waals surface area contributed by atoms with Gasteiger partial charge in [0.25, 0.3) is 0 Å². The number of hydrogen-bond donors (Lipinski definition) is 3. The number of aliphatic hydroxyl groups excluding tert-OH is 2. The molecule has 0 radical (unpaired) electrons. The molecule has 1 heterocycles. The lowest BCUT2D eigenvalue weighted by molar-refractivity contribution is 0.281. The second-order valence-corrected chi connectivity index (χ2v) is 6.45. The van der Waals surface area contributed by atoms with Crippen LogP contribution in [0.15, 0.2) is 52.5 Å². The standard InChI is InChI=1S/C18H23N3O2S/c1-11-5-6-13(10-22)7-15(11)16-8-14(9-19)17(20-12(2)24-4)21(3)18(16)23/h5-7,9,22-23H,2,8,10,19H2,1,3-4H3/b14-9-,20-17+. The highest BCUT2D eigenvalue weighted by Crippen LogP contribution is 2.35. The van der Waals surface area contributed by atoms with Crippen LogP contribution in [0.3, 0.4) is 0 Å². The summed E-state index contributed by atoms with van der Waals surface area (Å²) in [6.45, 7) is 5.79. The Kier molecular flexibility index (Phi) is 5.75. The Bertz CT molecular complexity index is 751. The van der Waals surface area contributed by atoms with Gasteiger partial charge in [-0.05, 0) is 35.9 Å². The number of amidine groups is 1. The van der Waals surface area contributed by atoms with Gasteiger partial charge in [-0.2, -0.15) is 0 Å². The van der Waals surface area contributed by atoms with Gasteiger partial charge in [0.1, 0.15) is 5.84 Å². The van der Waals surface area contributed by atoms with E-state index in [0.717, 1.165) is 27.8 Å². The minimum absolute atomic E-state index is 0.0446. The van der Waals surface area contributed by atoms with E-state index in [9.17, 15) is 10.2 Å². The minimum atomic E-state index is -0.0446. The Morgan fingerprint density at radius 2 is 2.21 bits per heavy atom. The monoisotopic (exact) mass is 345 g/mol. The van der Waals surface area contributed by atoms with Gasteiger partial charge in [-0.15, -0.1) is 11.8 Å². The summed E-state index contributed by atoms with van der Waals surface area (Å²) < 4.78 is 0. The van der Waals surface area contributed by atoms with Gasteiger partial charge in [0.05, 0.1) is 11.6 Å². The maximum Gasteiger partial charge on any atom is 0.196 e. The van der Waals surface area contributed by atoms with Crippen molar-refractivity contribution < 1.29 is 10.2 Å². The number of allylic oxidation sites excluding steroid dienone is 1. The summed E-state index contributed by atoms with van der Waals surface area (Å²) in [6.07, 6.45) is 3.87. The maximum absolute atomic E-state index is 10.7. The molecule has 0 spiro atoms. The molecule has 24 heavy (non-hydrogen) atoms. The fraction of sp³-hybridized carbons (Fsp3) is 0.278. The predicted octanol–water partition coefficient (Wildman–Crippen LogP) is 3.12. The molecule has 0 fully saturated rings. The van der Waals surface area contributed by atoms with Gasteiger partial charge in [-0.3, -0.25) is 4.90 Å². The average molecular weight is 345 g/mol. The molecule has 1 aliphatic heterocycles. The number of thioether (sulfide) groups is 1. The first kappa shape index (κ1) is 18.2. The number of aryl methyl sites for hydroxylation is 1. The van der Waals surface area contributed by atoms with Crippen LogP contribution in [0.1, 0.15) is 23.1 Å². The Hall–Kier alpha value is -2.18. The summed E-state index contributed by atoms with van der Waals surface area (Å²) in [5, 5.41) is 20.7. The Labute approximate surface area is 146 Å². The number of hydrogen-bond acceptors (Lipinski definition) is 5. The van der Waals surface area contributed by atoms with Crippen molar-refractivity contribution in [2.24, 2.45) is 10.7 Å². The van der Waals surface area contributed by atoms with Crippen molar-refractivity contribution in [1.82, 2.24) is 4.90 Å². The highest BCUT2D eigenvalue weighted by atomic mass is 32.2. The Balaban J connectivity index is 2.57. The smallest absolute Gasteiger partial charge is 0.196 e. The van der Waals surface area contributed by atoms with Crippen LogP contribution in [-0.2, 0) is 6.61 Å². The van der Waals surface area contributed by atoms with E-state index in [2.05, 4.69) is 11.6 Å². The molecule has 0 bridgehead atoms. The highest BCUT2D eigenvalue weighted by molar-refractivity contribution is 8.02. The largest absolute Gasteiger partial charge is 0.494 e. The molecular formula is C18H23N3O2S. The SMILES string of the molecule is C=C(/N=C1\C(=C/N)CC(c2cc(CO)ccc2C)=C(O)N1C)SC. The zero-order valence-corrected chi connectivity index (χ0v) is 15.0. The zero-order chi connectivity index (χ0) is 17.9. The van der Waals surface area contributed by atoms with E-state index in [1.54, 1.807) is 11.9 Å².